The number of aromatic nitrogens is 1. The summed E-state index contributed by atoms with van der Waals surface area (Å²) in [5.74, 6) is 2.00. The van der Waals surface area contributed by atoms with E-state index in [1.54, 1.807) is 39.6 Å². The Hall–Kier alpha value is -2.96. The summed E-state index contributed by atoms with van der Waals surface area (Å²) in [5.41, 5.74) is 1.61. The van der Waals surface area contributed by atoms with Gasteiger partial charge in [0.1, 0.15) is 17.3 Å². The second-order valence-electron chi connectivity index (χ2n) is 6.13. The third kappa shape index (κ3) is 3.82. The molecule has 1 aromatic carbocycles. The highest BCUT2D eigenvalue weighted by molar-refractivity contribution is 5.98. The van der Waals surface area contributed by atoms with Crippen LogP contribution in [0.25, 0.3) is 0 Å². The summed E-state index contributed by atoms with van der Waals surface area (Å²) in [6, 6.07) is 9.60. The van der Waals surface area contributed by atoms with Crippen molar-refractivity contribution in [2.24, 2.45) is 0 Å². The van der Waals surface area contributed by atoms with E-state index in [-0.39, 0.29) is 11.9 Å². The number of carbonyl (C=O) groups excluding carboxylic acids is 1. The molecule has 0 bridgehead atoms. The lowest BCUT2D eigenvalue weighted by atomic mass is 10.2. The maximum absolute atomic E-state index is 12.0. The fourth-order valence-corrected chi connectivity index (χ4v) is 3.12. The molecule has 1 aliphatic heterocycles. The van der Waals surface area contributed by atoms with Crippen LogP contribution >= 0.6 is 0 Å². The van der Waals surface area contributed by atoms with Gasteiger partial charge in [-0.15, -0.1) is 0 Å². The summed E-state index contributed by atoms with van der Waals surface area (Å²) in [7, 11) is 4.91. The van der Waals surface area contributed by atoms with Crippen LogP contribution in [0.4, 0.5) is 11.5 Å². The Bertz CT molecular complexity index is 759. The molecule has 26 heavy (non-hydrogen) atoms. The number of nitrogens with one attached hydrogen (secondary N) is 2. The van der Waals surface area contributed by atoms with Crippen molar-refractivity contribution in [2.45, 2.75) is 12.5 Å². The maximum Gasteiger partial charge on any atom is 0.254 e. The standard InChI is InChI=1S/C19H24N4O3/c1-20-19(24)17-5-4-7-21-18(17)22-13-6-8-23(12-13)14-9-15(25-2)11-16(10-14)26-3/h4-5,7,9-11,13H,6,8,12H2,1-3H3,(H,20,24)(H,21,22). The van der Waals surface area contributed by atoms with Gasteiger partial charge < -0.3 is 25.0 Å². The molecule has 1 unspecified atom stereocenters. The zero-order chi connectivity index (χ0) is 18.5. The summed E-state index contributed by atoms with van der Waals surface area (Å²) in [6.07, 6.45) is 2.64. The largest absolute Gasteiger partial charge is 0.497 e. The first-order valence-electron chi connectivity index (χ1n) is 8.56. The molecule has 1 atom stereocenters. The molecular formula is C19H24N4O3. The van der Waals surface area contributed by atoms with E-state index >= 15 is 0 Å². The van der Waals surface area contributed by atoms with Crippen molar-refractivity contribution in [1.82, 2.24) is 10.3 Å². The Kier molecular flexibility index (Phi) is 5.46. The number of amides is 1. The highest BCUT2D eigenvalue weighted by atomic mass is 16.5. The molecule has 3 rings (SSSR count). The number of hydrogen-bond donors (Lipinski definition) is 2. The Morgan fingerprint density at radius 2 is 1.96 bits per heavy atom. The van der Waals surface area contributed by atoms with E-state index in [4.69, 9.17) is 9.47 Å². The molecule has 1 saturated heterocycles. The van der Waals surface area contributed by atoms with Gasteiger partial charge in [-0.25, -0.2) is 4.98 Å². The number of methoxy groups -OCH3 is 2. The van der Waals surface area contributed by atoms with Gasteiger partial charge in [0.25, 0.3) is 5.91 Å². The Morgan fingerprint density at radius 3 is 2.62 bits per heavy atom. The third-order valence-electron chi connectivity index (χ3n) is 4.51. The molecule has 7 nitrogen and oxygen atoms in total. The molecule has 7 heteroatoms. The average Bonchev–Trinajstić information content (AvgIpc) is 3.16. The van der Waals surface area contributed by atoms with Crippen molar-refractivity contribution in [2.75, 3.05) is 44.6 Å². The Labute approximate surface area is 153 Å². The predicted molar refractivity (Wildman–Crippen MR) is 101 cm³/mol. The molecule has 1 fully saturated rings. The van der Waals surface area contributed by atoms with Crippen LogP contribution in [0.2, 0.25) is 0 Å². The van der Waals surface area contributed by atoms with Gasteiger partial charge in [-0.1, -0.05) is 0 Å². The zero-order valence-corrected chi connectivity index (χ0v) is 15.3. The van der Waals surface area contributed by atoms with E-state index in [2.05, 4.69) is 20.5 Å². The fourth-order valence-electron chi connectivity index (χ4n) is 3.12. The maximum atomic E-state index is 12.0. The second-order valence-corrected chi connectivity index (χ2v) is 6.13. The predicted octanol–water partition coefficient (Wildman–Crippen LogP) is 2.15. The molecule has 1 amide bonds. The number of ether oxygens (including phenoxy) is 2. The minimum Gasteiger partial charge on any atom is -0.497 e. The minimum absolute atomic E-state index is 0.145. The first-order valence-corrected chi connectivity index (χ1v) is 8.56. The molecule has 0 radical (unpaired) electrons. The summed E-state index contributed by atoms with van der Waals surface area (Å²) in [4.78, 5) is 18.6. The van der Waals surface area contributed by atoms with Crippen LogP contribution in [0.5, 0.6) is 11.5 Å². The number of carbonyl (C=O) groups is 1. The molecule has 138 valence electrons. The number of rotatable bonds is 6. The lowest BCUT2D eigenvalue weighted by Crippen LogP contribution is -2.28. The van der Waals surface area contributed by atoms with Crippen LogP contribution in [-0.4, -0.2) is 51.3 Å². The minimum atomic E-state index is -0.145. The van der Waals surface area contributed by atoms with E-state index in [1.807, 2.05) is 18.2 Å². The van der Waals surface area contributed by atoms with E-state index in [9.17, 15) is 4.79 Å². The van der Waals surface area contributed by atoms with Crippen LogP contribution in [0, 0.1) is 0 Å². The second kappa shape index (κ2) is 7.95. The van der Waals surface area contributed by atoms with Gasteiger partial charge in [-0.3, -0.25) is 4.79 Å². The van der Waals surface area contributed by atoms with Crippen molar-refractivity contribution in [1.29, 1.82) is 0 Å². The van der Waals surface area contributed by atoms with Crippen molar-refractivity contribution in [3.05, 3.63) is 42.1 Å². The highest BCUT2D eigenvalue weighted by Crippen LogP contribution is 2.31. The van der Waals surface area contributed by atoms with Gasteiger partial charge in [-0.2, -0.15) is 0 Å². The lowest BCUT2D eigenvalue weighted by Gasteiger charge is -2.21. The van der Waals surface area contributed by atoms with Gasteiger partial charge in [0.15, 0.2) is 0 Å². The monoisotopic (exact) mass is 356 g/mol. The molecule has 0 saturated carbocycles. The van der Waals surface area contributed by atoms with Crippen molar-refractivity contribution in [3.63, 3.8) is 0 Å². The molecule has 2 aromatic rings. The Morgan fingerprint density at radius 1 is 1.23 bits per heavy atom. The van der Waals surface area contributed by atoms with Gasteiger partial charge in [0, 0.05) is 56.3 Å². The lowest BCUT2D eigenvalue weighted by molar-refractivity contribution is 0.0963. The molecule has 0 spiro atoms. The first kappa shape index (κ1) is 17.8. The topological polar surface area (TPSA) is 75.7 Å². The number of pyridine rings is 1. The summed E-state index contributed by atoms with van der Waals surface area (Å²) in [5, 5.41) is 6.05. The molecular weight excluding hydrogens is 332 g/mol. The van der Waals surface area contributed by atoms with Crippen LogP contribution in [-0.2, 0) is 0 Å². The molecule has 2 heterocycles. The normalized spacial score (nSPS) is 16.3. The first-order chi connectivity index (χ1) is 12.6. The quantitative estimate of drug-likeness (QED) is 0.826. The number of benzene rings is 1. The summed E-state index contributed by atoms with van der Waals surface area (Å²) < 4.78 is 10.7. The smallest absolute Gasteiger partial charge is 0.254 e. The van der Waals surface area contributed by atoms with E-state index in [1.165, 1.54) is 0 Å². The van der Waals surface area contributed by atoms with Gasteiger partial charge in [0.2, 0.25) is 0 Å². The van der Waals surface area contributed by atoms with Crippen LogP contribution in [0.15, 0.2) is 36.5 Å². The molecule has 1 aliphatic rings. The summed E-state index contributed by atoms with van der Waals surface area (Å²) in [6.45, 7) is 1.70. The van der Waals surface area contributed by atoms with Gasteiger partial charge in [-0.05, 0) is 18.6 Å². The van der Waals surface area contributed by atoms with Crippen LogP contribution in [0.3, 0.4) is 0 Å². The number of anilines is 2. The molecule has 2 N–H and O–H groups in total. The van der Waals surface area contributed by atoms with Crippen molar-refractivity contribution >= 4 is 17.4 Å². The van der Waals surface area contributed by atoms with Crippen molar-refractivity contribution < 1.29 is 14.3 Å². The highest BCUT2D eigenvalue weighted by Gasteiger charge is 2.25. The molecule has 0 aliphatic carbocycles. The number of hydrogen-bond acceptors (Lipinski definition) is 6. The SMILES string of the molecule is CNC(=O)c1cccnc1NC1CCN(c2cc(OC)cc(OC)c2)C1. The third-order valence-corrected chi connectivity index (χ3v) is 4.51. The van der Waals surface area contributed by atoms with E-state index in [0.29, 0.717) is 11.4 Å². The molecule has 1 aromatic heterocycles. The van der Waals surface area contributed by atoms with Crippen LogP contribution in [0.1, 0.15) is 16.8 Å². The zero-order valence-electron chi connectivity index (χ0n) is 15.3. The number of nitrogens with zero attached hydrogens (tertiary/aromatic N) is 2. The average molecular weight is 356 g/mol. The van der Waals surface area contributed by atoms with Crippen molar-refractivity contribution in [3.8, 4) is 11.5 Å². The summed E-state index contributed by atoms with van der Waals surface area (Å²) >= 11 is 0. The van der Waals surface area contributed by atoms with Crippen LogP contribution < -0.4 is 25.0 Å². The Balaban J connectivity index is 1.73. The van der Waals surface area contributed by atoms with Gasteiger partial charge >= 0.3 is 0 Å². The van der Waals surface area contributed by atoms with Gasteiger partial charge in [0.05, 0.1) is 19.8 Å². The fraction of sp³-hybridized carbons (Fsp3) is 0.368. The van der Waals surface area contributed by atoms with E-state index in [0.717, 1.165) is 36.7 Å². The van der Waals surface area contributed by atoms with E-state index < -0.39 is 0 Å².